The van der Waals surface area contributed by atoms with Crippen molar-refractivity contribution in [3.8, 4) is 0 Å². The number of benzene rings is 2. The topological polar surface area (TPSA) is 183 Å². The zero-order valence-corrected chi connectivity index (χ0v) is 40.4. The number of hydrogen-bond donors (Lipinski definition) is 2. The SMILES string of the molecule is CC[C@H](C)[C@@H]([C@@H](CC(=O)N1CCC[C@H]1[C@H](OC)[C@@H](C)C(=O)N[C@@H](Cc1ccccc1)C(=O)NCCON1C(=O)c2ccccc2C1=O)OC)N(C)C(=O)[C@@H](N=C(N(C)C)N(C)C)C(C)C. The van der Waals surface area contributed by atoms with Gasteiger partial charge in [0.1, 0.15) is 12.1 Å². The second kappa shape index (κ2) is 24.2. The van der Waals surface area contributed by atoms with Crippen LogP contribution in [0.3, 0.4) is 0 Å². The van der Waals surface area contributed by atoms with E-state index in [0.717, 1.165) is 12.0 Å². The molecule has 0 aromatic heterocycles. The van der Waals surface area contributed by atoms with E-state index in [1.54, 1.807) is 55.1 Å². The van der Waals surface area contributed by atoms with Crippen LogP contribution in [0.15, 0.2) is 59.6 Å². The van der Waals surface area contributed by atoms with Crippen molar-refractivity contribution < 1.29 is 43.1 Å². The number of carbonyl (C=O) groups excluding carboxylic acids is 6. The summed E-state index contributed by atoms with van der Waals surface area (Å²) in [5.74, 6) is -2.64. The van der Waals surface area contributed by atoms with Crippen LogP contribution in [0.2, 0.25) is 0 Å². The van der Waals surface area contributed by atoms with E-state index < -0.39 is 65.9 Å². The second-order valence-electron chi connectivity index (χ2n) is 17.8. The van der Waals surface area contributed by atoms with Crippen LogP contribution in [0.25, 0.3) is 0 Å². The molecule has 2 aromatic rings. The first-order valence-corrected chi connectivity index (χ1v) is 22.6. The van der Waals surface area contributed by atoms with Gasteiger partial charge in [0.25, 0.3) is 11.8 Å². The summed E-state index contributed by atoms with van der Waals surface area (Å²) in [6.45, 7) is 10.0. The molecule has 2 aliphatic rings. The summed E-state index contributed by atoms with van der Waals surface area (Å²) < 4.78 is 12.1. The van der Waals surface area contributed by atoms with E-state index in [0.29, 0.717) is 30.4 Å². The number of carbonyl (C=O) groups is 6. The van der Waals surface area contributed by atoms with Crippen LogP contribution < -0.4 is 10.6 Å². The van der Waals surface area contributed by atoms with Crippen molar-refractivity contribution in [2.75, 3.05) is 69.2 Å². The van der Waals surface area contributed by atoms with E-state index >= 15 is 0 Å². The first kappa shape index (κ1) is 52.2. The van der Waals surface area contributed by atoms with Crippen LogP contribution in [0, 0.1) is 17.8 Å². The smallest absolute Gasteiger partial charge is 0.285 e. The van der Waals surface area contributed by atoms with Crippen molar-refractivity contribution in [3.05, 3.63) is 71.3 Å². The van der Waals surface area contributed by atoms with Crippen LogP contribution in [0.4, 0.5) is 0 Å². The molecule has 8 atom stereocenters. The number of hydroxylamine groups is 2. The van der Waals surface area contributed by atoms with Crippen molar-refractivity contribution in [2.24, 2.45) is 22.7 Å². The van der Waals surface area contributed by atoms with E-state index in [4.69, 9.17) is 19.3 Å². The number of guanidine groups is 1. The molecule has 0 aliphatic carbocycles. The summed E-state index contributed by atoms with van der Waals surface area (Å²) in [6.07, 6.45) is 0.876. The lowest BCUT2D eigenvalue weighted by Crippen LogP contribution is -2.55. The quantitative estimate of drug-likeness (QED) is 0.0764. The molecule has 358 valence electrons. The predicted molar refractivity (Wildman–Crippen MR) is 248 cm³/mol. The average Bonchev–Trinajstić information content (AvgIpc) is 3.86. The Morgan fingerprint density at radius 1 is 0.846 bits per heavy atom. The van der Waals surface area contributed by atoms with Crippen LogP contribution >= 0.6 is 0 Å². The van der Waals surface area contributed by atoms with E-state index in [1.807, 2.05) is 82.2 Å². The summed E-state index contributed by atoms with van der Waals surface area (Å²) in [6, 6.07) is 13.1. The third-order valence-corrected chi connectivity index (χ3v) is 12.5. The summed E-state index contributed by atoms with van der Waals surface area (Å²) >= 11 is 0. The van der Waals surface area contributed by atoms with E-state index in [1.165, 1.54) is 7.11 Å². The molecule has 17 heteroatoms. The maximum atomic E-state index is 14.4. The number of ether oxygens (including phenoxy) is 2. The summed E-state index contributed by atoms with van der Waals surface area (Å²) in [7, 11) is 12.4. The highest BCUT2D eigenvalue weighted by Crippen LogP contribution is 2.30. The number of likely N-dealkylation sites (tertiary alicyclic amines) is 1. The van der Waals surface area contributed by atoms with Crippen molar-refractivity contribution in [1.82, 2.24) is 35.3 Å². The van der Waals surface area contributed by atoms with Gasteiger partial charge in [-0.1, -0.05) is 83.5 Å². The molecule has 0 spiro atoms. The molecule has 2 N–H and O–H groups in total. The summed E-state index contributed by atoms with van der Waals surface area (Å²) in [5, 5.41) is 6.39. The fourth-order valence-electron chi connectivity index (χ4n) is 8.84. The van der Waals surface area contributed by atoms with Crippen LogP contribution in [-0.2, 0) is 39.9 Å². The van der Waals surface area contributed by atoms with Crippen molar-refractivity contribution >= 4 is 41.4 Å². The van der Waals surface area contributed by atoms with E-state index in [9.17, 15) is 28.8 Å². The Morgan fingerprint density at radius 2 is 1.45 bits per heavy atom. The molecule has 1 fully saturated rings. The lowest BCUT2D eigenvalue weighted by atomic mass is 9.89. The number of aliphatic imine (C=N–C) groups is 1. The normalized spacial score (nSPS) is 18.0. The second-order valence-corrected chi connectivity index (χ2v) is 17.8. The third-order valence-electron chi connectivity index (χ3n) is 12.5. The Labute approximate surface area is 385 Å². The number of rotatable bonds is 22. The molecule has 2 heterocycles. The van der Waals surface area contributed by atoms with Gasteiger partial charge in [0.2, 0.25) is 23.6 Å². The zero-order valence-electron chi connectivity index (χ0n) is 40.4. The van der Waals surface area contributed by atoms with Crippen molar-refractivity contribution in [2.45, 2.75) is 103 Å². The Kier molecular flexibility index (Phi) is 19.5. The Morgan fingerprint density at radius 3 is 1.98 bits per heavy atom. The zero-order chi connectivity index (χ0) is 48.1. The minimum absolute atomic E-state index is 0.00292. The van der Waals surface area contributed by atoms with Gasteiger partial charge in [-0.05, 0) is 42.4 Å². The number of methoxy groups -OCH3 is 2. The lowest BCUT2D eigenvalue weighted by molar-refractivity contribution is -0.146. The molecule has 4 rings (SSSR count). The van der Waals surface area contributed by atoms with Gasteiger partial charge in [-0.25, -0.2) is 4.99 Å². The molecule has 2 aliphatic heterocycles. The van der Waals surface area contributed by atoms with Crippen molar-refractivity contribution in [3.63, 3.8) is 0 Å². The highest BCUT2D eigenvalue weighted by Gasteiger charge is 2.43. The maximum Gasteiger partial charge on any atom is 0.285 e. The van der Waals surface area contributed by atoms with Gasteiger partial charge in [0, 0.05) is 69.0 Å². The van der Waals surface area contributed by atoms with Gasteiger partial charge in [0.15, 0.2) is 5.96 Å². The number of imide groups is 1. The number of fused-ring (bicyclic) bond motifs is 1. The molecule has 1 saturated heterocycles. The van der Waals surface area contributed by atoms with Gasteiger partial charge in [-0.2, -0.15) is 0 Å². The molecular formula is C48H72N8O9. The highest BCUT2D eigenvalue weighted by molar-refractivity contribution is 6.20. The molecule has 0 radical (unpaired) electrons. The standard InChI is InChI=1S/C48H72N8O9/c1-13-31(4)41(54(10)47(62)40(30(2)3)51-48(52(6)7)53(8)9)38(63-11)29-39(57)55-26-19-24-37(55)42(64-12)32(5)43(58)50-36(28-33-20-15-14-16-21-33)44(59)49-25-27-65-56-45(60)34-22-17-18-23-35(34)46(56)61/h14-18,20-23,30-32,36-38,40-42H,13,19,24-29H2,1-12H3,(H,49,59)(H,50,58)/t31-,32+,36-,37-,38+,40-,41-,42+/m0/s1. The molecule has 2 aromatic carbocycles. The van der Waals surface area contributed by atoms with Gasteiger partial charge in [0.05, 0.1) is 54.4 Å². The number of likely N-dealkylation sites (N-methyl/N-ethyl adjacent to an activating group) is 1. The minimum atomic E-state index is -0.997. The molecule has 17 nitrogen and oxygen atoms in total. The number of nitrogens with zero attached hydrogens (tertiary/aromatic N) is 6. The van der Waals surface area contributed by atoms with Crippen LogP contribution in [0.5, 0.6) is 0 Å². The predicted octanol–water partition coefficient (Wildman–Crippen LogP) is 3.48. The Balaban J connectivity index is 1.46. The maximum absolute atomic E-state index is 14.4. The first-order valence-electron chi connectivity index (χ1n) is 22.6. The van der Waals surface area contributed by atoms with E-state index in [2.05, 4.69) is 24.5 Å². The highest BCUT2D eigenvalue weighted by atomic mass is 16.7. The molecule has 0 unspecified atom stereocenters. The Hall–Kier alpha value is -5.39. The molecule has 0 bridgehead atoms. The third kappa shape index (κ3) is 12.9. The average molecular weight is 905 g/mol. The summed E-state index contributed by atoms with van der Waals surface area (Å²) in [5.41, 5.74) is 1.30. The van der Waals surface area contributed by atoms with Gasteiger partial charge in [-0.3, -0.25) is 33.6 Å². The van der Waals surface area contributed by atoms with Crippen LogP contribution in [0.1, 0.15) is 86.6 Å². The fraction of sp³-hybridized carbons (Fsp3) is 0.604. The summed E-state index contributed by atoms with van der Waals surface area (Å²) in [4.78, 5) is 99.6. The first-order chi connectivity index (χ1) is 30.9. The molecule has 6 amide bonds. The van der Waals surface area contributed by atoms with Gasteiger partial charge < -0.3 is 39.7 Å². The fourth-order valence-corrected chi connectivity index (χ4v) is 8.84. The number of hydrogen-bond acceptors (Lipinski definition) is 10. The number of nitrogens with one attached hydrogen (secondary N) is 2. The molecular weight excluding hydrogens is 833 g/mol. The van der Waals surface area contributed by atoms with Crippen molar-refractivity contribution in [1.29, 1.82) is 0 Å². The minimum Gasteiger partial charge on any atom is -0.379 e. The van der Waals surface area contributed by atoms with Gasteiger partial charge in [-0.15, -0.1) is 5.06 Å². The number of amides is 6. The van der Waals surface area contributed by atoms with Crippen LogP contribution in [-0.4, -0.2) is 172 Å². The largest absolute Gasteiger partial charge is 0.379 e. The van der Waals surface area contributed by atoms with Gasteiger partial charge >= 0.3 is 0 Å². The monoisotopic (exact) mass is 905 g/mol. The molecule has 0 saturated carbocycles. The molecule has 65 heavy (non-hydrogen) atoms. The van der Waals surface area contributed by atoms with E-state index in [-0.39, 0.29) is 60.8 Å². The lowest BCUT2D eigenvalue weighted by Gasteiger charge is -2.40. The Bertz CT molecular complexity index is 1930.